The SMILES string of the molecule is CC(C)(C)[Si](C)(C)OC1=C[C@H]2OCCC[C@@]1(C)C(C#N)(C#N)C2(C#N)C#N. The molecular weight excluding hydrogens is 356 g/mol. The molecule has 0 saturated carbocycles. The predicted octanol–water partition coefficient (Wildman–Crippen LogP) is 4.16. The van der Waals surface area contributed by atoms with Crippen molar-refractivity contribution in [3.8, 4) is 24.3 Å². The van der Waals surface area contributed by atoms with Crippen LogP contribution in [-0.2, 0) is 9.16 Å². The number of nitriles is 4. The van der Waals surface area contributed by atoms with Gasteiger partial charge in [0.25, 0.3) is 0 Å². The van der Waals surface area contributed by atoms with E-state index in [-0.39, 0.29) is 5.04 Å². The summed E-state index contributed by atoms with van der Waals surface area (Å²) in [5.74, 6) is 0.517. The van der Waals surface area contributed by atoms with Crippen molar-refractivity contribution in [2.24, 2.45) is 16.2 Å². The molecule has 2 heterocycles. The van der Waals surface area contributed by atoms with Crippen LogP contribution in [0.3, 0.4) is 0 Å². The second-order valence-electron chi connectivity index (χ2n) is 9.13. The first kappa shape index (κ1) is 21.0. The number of fused-ring (bicyclic) bond motifs is 4. The number of hydrogen-bond acceptors (Lipinski definition) is 6. The first-order valence-electron chi connectivity index (χ1n) is 9.09. The maximum Gasteiger partial charge on any atom is 0.250 e. The zero-order chi connectivity index (χ0) is 20.7. The molecule has 0 aromatic rings. The largest absolute Gasteiger partial charge is 0.546 e. The molecule has 1 fully saturated rings. The molecule has 0 unspecified atom stereocenters. The normalized spacial score (nSPS) is 29.0. The van der Waals surface area contributed by atoms with Crippen molar-refractivity contribution >= 4 is 8.32 Å². The highest BCUT2D eigenvalue weighted by Crippen LogP contribution is 2.63. The topological polar surface area (TPSA) is 114 Å². The van der Waals surface area contributed by atoms with Crippen LogP contribution in [0.4, 0.5) is 0 Å². The van der Waals surface area contributed by atoms with Crippen LogP contribution in [0, 0.1) is 61.6 Å². The second-order valence-corrected chi connectivity index (χ2v) is 13.9. The summed E-state index contributed by atoms with van der Waals surface area (Å²) in [5, 5.41) is 40.0. The monoisotopic (exact) mass is 382 g/mol. The molecule has 0 aromatic carbocycles. The van der Waals surface area contributed by atoms with Gasteiger partial charge in [0, 0.05) is 6.61 Å². The van der Waals surface area contributed by atoms with Gasteiger partial charge in [-0.15, -0.1) is 0 Å². The van der Waals surface area contributed by atoms with Crippen LogP contribution in [0.1, 0.15) is 40.5 Å². The highest BCUT2D eigenvalue weighted by atomic mass is 28.4. The minimum atomic E-state index is -2.28. The van der Waals surface area contributed by atoms with Crippen molar-refractivity contribution in [1.82, 2.24) is 0 Å². The average molecular weight is 383 g/mol. The van der Waals surface area contributed by atoms with E-state index in [0.717, 1.165) is 0 Å². The van der Waals surface area contributed by atoms with Crippen molar-refractivity contribution in [3.05, 3.63) is 11.8 Å². The third-order valence-electron chi connectivity index (χ3n) is 6.67. The summed E-state index contributed by atoms with van der Waals surface area (Å²) in [4.78, 5) is 0. The first-order valence-corrected chi connectivity index (χ1v) is 12.0. The predicted molar refractivity (Wildman–Crippen MR) is 101 cm³/mol. The number of allylic oxidation sites excluding steroid dienone is 1. The molecule has 27 heavy (non-hydrogen) atoms. The standard InChI is InChI=1S/C20H26N4O2Si/c1-17(2,3)27(5,6)26-15-10-16-19(11-21,12-22)20(13-23,14-24)18(15,4)8-7-9-25-16/h10,16H,7-9H2,1-6H3/t16-,18-/m1/s1. The molecular formula is C20H26N4O2Si. The van der Waals surface area contributed by atoms with E-state index in [0.29, 0.717) is 25.2 Å². The van der Waals surface area contributed by atoms with E-state index in [9.17, 15) is 21.0 Å². The van der Waals surface area contributed by atoms with Gasteiger partial charge >= 0.3 is 0 Å². The highest BCUT2D eigenvalue weighted by Gasteiger charge is 2.72. The maximum atomic E-state index is 10.1. The van der Waals surface area contributed by atoms with E-state index >= 15 is 0 Å². The molecule has 3 rings (SSSR count). The van der Waals surface area contributed by atoms with Crippen molar-refractivity contribution in [1.29, 1.82) is 21.0 Å². The Balaban J connectivity index is 2.82. The van der Waals surface area contributed by atoms with E-state index in [1.807, 2.05) is 12.1 Å². The molecule has 6 nitrogen and oxygen atoms in total. The zero-order valence-electron chi connectivity index (χ0n) is 16.9. The summed E-state index contributed by atoms with van der Waals surface area (Å²) in [7, 11) is -2.28. The second kappa shape index (κ2) is 6.38. The molecule has 2 aliphatic heterocycles. The van der Waals surface area contributed by atoms with Gasteiger partial charge in [-0.3, -0.25) is 0 Å². The molecule has 7 heteroatoms. The van der Waals surface area contributed by atoms with Gasteiger partial charge in [-0.25, -0.2) is 0 Å². The fourth-order valence-electron chi connectivity index (χ4n) is 3.74. The Morgan fingerprint density at radius 3 is 2.11 bits per heavy atom. The number of hydrogen-bond donors (Lipinski definition) is 0. The Morgan fingerprint density at radius 1 is 1.11 bits per heavy atom. The molecule has 0 spiro atoms. The first-order chi connectivity index (χ1) is 12.4. The van der Waals surface area contributed by atoms with Crippen LogP contribution in [0.5, 0.6) is 0 Å². The zero-order valence-corrected chi connectivity index (χ0v) is 17.9. The quantitative estimate of drug-likeness (QED) is 0.662. The third-order valence-corrected chi connectivity index (χ3v) is 11.0. The number of ether oxygens (including phenoxy) is 1. The Labute approximate surface area is 162 Å². The highest BCUT2D eigenvalue weighted by molar-refractivity contribution is 6.74. The lowest BCUT2D eigenvalue weighted by molar-refractivity contribution is -0.0777. The van der Waals surface area contributed by atoms with Gasteiger partial charge in [-0.1, -0.05) is 20.8 Å². The molecule has 2 bridgehead atoms. The molecule has 0 aromatic heterocycles. The van der Waals surface area contributed by atoms with Crippen LogP contribution >= 0.6 is 0 Å². The van der Waals surface area contributed by atoms with Crippen LogP contribution in [0.25, 0.3) is 0 Å². The van der Waals surface area contributed by atoms with Gasteiger partial charge in [-0.2, -0.15) is 21.0 Å². The maximum absolute atomic E-state index is 10.1. The number of rotatable bonds is 2. The van der Waals surface area contributed by atoms with Crippen molar-refractivity contribution in [3.63, 3.8) is 0 Å². The van der Waals surface area contributed by atoms with Crippen LogP contribution in [-0.4, -0.2) is 21.0 Å². The van der Waals surface area contributed by atoms with E-state index in [1.165, 1.54) is 0 Å². The third kappa shape index (κ3) is 2.58. The molecule has 1 aliphatic carbocycles. The fraction of sp³-hybridized carbons (Fsp3) is 0.700. The minimum absolute atomic E-state index is 0.0871. The molecule has 0 radical (unpaired) electrons. The summed E-state index contributed by atoms with van der Waals surface area (Å²) >= 11 is 0. The lowest BCUT2D eigenvalue weighted by Crippen LogP contribution is -2.61. The van der Waals surface area contributed by atoms with Crippen LogP contribution in [0.15, 0.2) is 11.8 Å². The van der Waals surface area contributed by atoms with E-state index in [4.69, 9.17) is 9.16 Å². The van der Waals surface area contributed by atoms with Gasteiger partial charge in [0.2, 0.25) is 13.7 Å². The summed E-state index contributed by atoms with van der Waals surface area (Å²) in [6.45, 7) is 12.6. The summed E-state index contributed by atoms with van der Waals surface area (Å²) < 4.78 is 12.4. The lowest BCUT2D eigenvalue weighted by Gasteiger charge is -2.54. The molecule has 0 N–H and O–H groups in total. The van der Waals surface area contributed by atoms with Crippen molar-refractivity contribution in [2.75, 3.05) is 6.61 Å². The molecule has 142 valence electrons. The Kier molecular flexibility index (Phi) is 4.96. The van der Waals surface area contributed by atoms with E-state index in [2.05, 4.69) is 46.0 Å². The summed E-state index contributed by atoms with van der Waals surface area (Å²) in [5.41, 5.74) is -4.87. The van der Waals surface area contributed by atoms with Gasteiger partial charge in [0.15, 0.2) is 5.41 Å². The van der Waals surface area contributed by atoms with Crippen LogP contribution < -0.4 is 0 Å². The molecule has 1 saturated heterocycles. The molecule has 0 amide bonds. The van der Waals surface area contributed by atoms with E-state index < -0.39 is 30.7 Å². The van der Waals surface area contributed by atoms with Crippen molar-refractivity contribution < 1.29 is 9.16 Å². The Bertz CT molecular complexity index is 800. The van der Waals surface area contributed by atoms with Gasteiger partial charge in [-0.05, 0) is 44.0 Å². The van der Waals surface area contributed by atoms with Gasteiger partial charge in [0.05, 0.1) is 35.5 Å². The Hall–Kier alpha value is -2.32. The van der Waals surface area contributed by atoms with Gasteiger partial charge < -0.3 is 9.16 Å². The fourth-order valence-corrected chi connectivity index (χ4v) is 4.89. The summed E-state index contributed by atoms with van der Waals surface area (Å²) in [6, 6.07) is 8.08. The van der Waals surface area contributed by atoms with Crippen molar-refractivity contribution in [2.45, 2.75) is 64.8 Å². The van der Waals surface area contributed by atoms with Gasteiger partial charge in [0.1, 0.15) is 6.10 Å². The smallest absolute Gasteiger partial charge is 0.250 e. The average Bonchev–Trinajstić information content (AvgIpc) is 2.58. The molecule has 3 aliphatic rings. The summed E-state index contributed by atoms with van der Waals surface area (Å²) in [6.07, 6.45) is 1.73. The van der Waals surface area contributed by atoms with Crippen LogP contribution in [0.2, 0.25) is 18.1 Å². The van der Waals surface area contributed by atoms with E-state index in [1.54, 1.807) is 13.0 Å². The lowest BCUT2D eigenvalue weighted by atomic mass is 9.46. The molecule has 2 atom stereocenters. The number of nitrogens with zero attached hydrogens (tertiary/aromatic N) is 4. The minimum Gasteiger partial charge on any atom is -0.546 e. The Morgan fingerprint density at radius 2 is 1.67 bits per heavy atom.